The second-order valence-corrected chi connectivity index (χ2v) is 4.89. The second-order valence-electron chi connectivity index (χ2n) is 3.86. The molecule has 1 atom stereocenters. The number of carbonyl (C=O) groups is 1. The van der Waals surface area contributed by atoms with Crippen molar-refractivity contribution in [3.63, 3.8) is 0 Å². The third kappa shape index (κ3) is 4.77. The molecule has 94 valence electrons. The molecule has 4 nitrogen and oxygen atoms in total. The highest BCUT2D eigenvalue weighted by Crippen LogP contribution is 2.15. The van der Waals surface area contributed by atoms with Gasteiger partial charge in [0.25, 0.3) is 5.91 Å². The number of benzene rings is 1. The van der Waals surface area contributed by atoms with Gasteiger partial charge in [-0.25, -0.2) is 5.84 Å². The first kappa shape index (κ1) is 14.0. The van der Waals surface area contributed by atoms with Crippen LogP contribution in [-0.2, 0) is 5.75 Å². The molecule has 0 aliphatic carbocycles. The lowest BCUT2D eigenvalue weighted by atomic mass is 10.1. The van der Waals surface area contributed by atoms with E-state index in [1.807, 2.05) is 18.2 Å². The lowest BCUT2D eigenvalue weighted by Gasteiger charge is -2.08. The number of thioether (sulfide) groups is 1. The molecule has 0 heterocycles. The third-order valence-electron chi connectivity index (χ3n) is 2.45. The molecule has 0 bridgehead atoms. The third-order valence-corrected chi connectivity index (χ3v) is 3.65. The second kappa shape index (κ2) is 7.32. The van der Waals surface area contributed by atoms with Gasteiger partial charge in [0.1, 0.15) is 0 Å². The maximum atomic E-state index is 11.3. The maximum absolute atomic E-state index is 11.3. The first-order valence-corrected chi connectivity index (χ1v) is 6.76. The summed E-state index contributed by atoms with van der Waals surface area (Å²) in [6, 6.07) is 7.70. The Morgan fingerprint density at radius 3 is 2.94 bits per heavy atom. The van der Waals surface area contributed by atoms with Gasteiger partial charge in [-0.05, 0) is 24.1 Å². The Morgan fingerprint density at radius 1 is 1.53 bits per heavy atom. The summed E-state index contributed by atoms with van der Waals surface area (Å²) in [5.74, 6) is 6.62. The molecule has 1 rings (SSSR count). The van der Waals surface area contributed by atoms with Crippen molar-refractivity contribution in [2.75, 3.05) is 5.75 Å². The molecule has 0 aliphatic heterocycles. The fraction of sp³-hybridized carbons (Fsp3) is 0.417. The highest BCUT2D eigenvalue weighted by atomic mass is 32.2. The molecule has 17 heavy (non-hydrogen) atoms. The van der Waals surface area contributed by atoms with Gasteiger partial charge in [-0.15, -0.1) is 0 Å². The monoisotopic (exact) mass is 253 g/mol. The molecule has 1 unspecified atom stereocenters. The zero-order valence-corrected chi connectivity index (χ0v) is 10.8. The highest BCUT2D eigenvalue weighted by molar-refractivity contribution is 7.98. The average molecular weight is 253 g/mol. The van der Waals surface area contributed by atoms with E-state index in [1.165, 1.54) is 0 Å². The summed E-state index contributed by atoms with van der Waals surface area (Å²) in [7, 11) is 0. The number of hydrazine groups is 1. The standard InChI is InChI=1S/C12H19N3OS/c1-2-11(13)8-17-7-9-4-3-5-10(6-9)12(16)15-14/h3-6,11H,2,7-8,13-14H2,1H3,(H,15,16). The number of rotatable bonds is 6. The van der Waals surface area contributed by atoms with Crippen molar-refractivity contribution in [1.82, 2.24) is 5.43 Å². The lowest BCUT2D eigenvalue weighted by Crippen LogP contribution is -2.29. The summed E-state index contributed by atoms with van der Waals surface area (Å²) in [5.41, 5.74) is 9.66. The minimum atomic E-state index is -0.262. The zero-order valence-electron chi connectivity index (χ0n) is 9.98. The predicted molar refractivity (Wildman–Crippen MR) is 72.5 cm³/mol. The van der Waals surface area contributed by atoms with Crippen molar-refractivity contribution >= 4 is 17.7 Å². The fourth-order valence-electron chi connectivity index (χ4n) is 1.33. The van der Waals surface area contributed by atoms with Crippen LogP contribution in [0, 0.1) is 0 Å². The summed E-state index contributed by atoms with van der Waals surface area (Å²) in [4.78, 5) is 11.3. The van der Waals surface area contributed by atoms with Crippen LogP contribution < -0.4 is 17.0 Å². The number of nitrogen functional groups attached to an aromatic ring is 1. The van der Waals surface area contributed by atoms with E-state index in [2.05, 4.69) is 12.3 Å². The summed E-state index contributed by atoms with van der Waals surface area (Å²) >= 11 is 1.78. The molecular weight excluding hydrogens is 234 g/mol. The highest BCUT2D eigenvalue weighted by Gasteiger charge is 2.04. The van der Waals surface area contributed by atoms with Crippen molar-refractivity contribution in [2.24, 2.45) is 11.6 Å². The van der Waals surface area contributed by atoms with Crippen molar-refractivity contribution in [3.05, 3.63) is 35.4 Å². The number of amides is 1. The van der Waals surface area contributed by atoms with Gasteiger partial charge in [-0.1, -0.05) is 19.1 Å². The first-order valence-electron chi connectivity index (χ1n) is 5.60. The van der Waals surface area contributed by atoms with Gasteiger partial charge in [0.05, 0.1) is 0 Å². The maximum Gasteiger partial charge on any atom is 0.265 e. The van der Waals surface area contributed by atoms with Crippen molar-refractivity contribution in [2.45, 2.75) is 25.1 Å². The molecule has 0 saturated carbocycles. The quantitative estimate of drug-likeness (QED) is 0.405. The molecule has 1 aromatic carbocycles. The molecule has 5 N–H and O–H groups in total. The number of nitrogens with one attached hydrogen (secondary N) is 1. The van der Waals surface area contributed by atoms with Gasteiger partial charge in [-0.3, -0.25) is 10.2 Å². The Hall–Kier alpha value is -1.04. The first-order chi connectivity index (χ1) is 8.17. The Labute approximate surface area is 106 Å². The van der Waals surface area contributed by atoms with Crippen molar-refractivity contribution in [1.29, 1.82) is 0 Å². The molecule has 5 heteroatoms. The molecule has 0 aliphatic rings. The average Bonchev–Trinajstić information content (AvgIpc) is 2.38. The minimum absolute atomic E-state index is 0.246. The molecule has 0 saturated heterocycles. The van der Waals surface area contributed by atoms with E-state index in [4.69, 9.17) is 11.6 Å². The molecule has 0 fully saturated rings. The van der Waals surface area contributed by atoms with Gasteiger partial charge in [-0.2, -0.15) is 11.8 Å². The van der Waals surface area contributed by atoms with Crippen LogP contribution >= 0.6 is 11.8 Å². The normalized spacial score (nSPS) is 12.2. The SMILES string of the molecule is CCC(N)CSCc1cccc(C(=O)NN)c1. The zero-order chi connectivity index (χ0) is 12.7. The summed E-state index contributed by atoms with van der Waals surface area (Å²) < 4.78 is 0. The number of nitrogens with two attached hydrogens (primary N) is 2. The molecule has 1 aromatic rings. The predicted octanol–water partition coefficient (Wildman–Crippen LogP) is 1.26. The van der Waals surface area contributed by atoms with E-state index in [9.17, 15) is 4.79 Å². The summed E-state index contributed by atoms with van der Waals surface area (Å²) in [5, 5.41) is 0. The Bertz CT molecular complexity index is 371. The van der Waals surface area contributed by atoms with Crippen molar-refractivity contribution < 1.29 is 4.79 Å². The van der Waals surface area contributed by atoms with Crippen LogP contribution in [0.4, 0.5) is 0 Å². The Morgan fingerprint density at radius 2 is 2.29 bits per heavy atom. The summed E-state index contributed by atoms with van der Waals surface area (Å²) in [6.07, 6.45) is 0.989. The fourth-order valence-corrected chi connectivity index (χ4v) is 2.40. The van der Waals surface area contributed by atoms with E-state index in [-0.39, 0.29) is 11.9 Å². The lowest BCUT2D eigenvalue weighted by molar-refractivity contribution is 0.0953. The van der Waals surface area contributed by atoms with Crippen LogP contribution in [0.5, 0.6) is 0 Å². The van der Waals surface area contributed by atoms with E-state index < -0.39 is 0 Å². The van der Waals surface area contributed by atoms with Gasteiger partial charge in [0.15, 0.2) is 0 Å². The molecule has 0 aromatic heterocycles. The number of hydrogen-bond donors (Lipinski definition) is 3. The molecule has 0 spiro atoms. The van der Waals surface area contributed by atoms with E-state index >= 15 is 0 Å². The van der Waals surface area contributed by atoms with Gasteiger partial charge in [0, 0.05) is 23.1 Å². The summed E-state index contributed by atoms with van der Waals surface area (Å²) in [6.45, 7) is 2.08. The van der Waals surface area contributed by atoms with Crippen LogP contribution in [0.2, 0.25) is 0 Å². The molecule has 0 radical (unpaired) electrons. The molecular formula is C12H19N3OS. The largest absolute Gasteiger partial charge is 0.327 e. The Kier molecular flexibility index (Phi) is 6.04. The number of hydrogen-bond acceptors (Lipinski definition) is 4. The minimum Gasteiger partial charge on any atom is -0.327 e. The topological polar surface area (TPSA) is 81.1 Å². The van der Waals surface area contributed by atoms with E-state index in [1.54, 1.807) is 17.8 Å². The van der Waals surface area contributed by atoms with Gasteiger partial charge in [0.2, 0.25) is 0 Å². The van der Waals surface area contributed by atoms with Gasteiger partial charge >= 0.3 is 0 Å². The van der Waals surface area contributed by atoms with Crippen LogP contribution in [0.1, 0.15) is 29.3 Å². The number of carbonyl (C=O) groups excluding carboxylic acids is 1. The van der Waals surface area contributed by atoms with Crippen molar-refractivity contribution in [3.8, 4) is 0 Å². The van der Waals surface area contributed by atoms with Gasteiger partial charge < -0.3 is 5.73 Å². The van der Waals surface area contributed by atoms with Crippen LogP contribution in [0.25, 0.3) is 0 Å². The smallest absolute Gasteiger partial charge is 0.265 e. The van der Waals surface area contributed by atoms with E-state index in [0.717, 1.165) is 23.5 Å². The Balaban J connectivity index is 2.51. The van der Waals surface area contributed by atoms with Crippen LogP contribution in [0.3, 0.4) is 0 Å². The van der Waals surface area contributed by atoms with Crippen LogP contribution in [-0.4, -0.2) is 17.7 Å². The molecule has 1 amide bonds. The van der Waals surface area contributed by atoms with E-state index in [0.29, 0.717) is 5.56 Å². The van der Waals surface area contributed by atoms with Crippen LogP contribution in [0.15, 0.2) is 24.3 Å².